The number of anilines is 2. The number of rotatable bonds is 1. The van der Waals surface area contributed by atoms with Gasteiger partial charge in [0.25, 0.3) is 15.9 Å². The van der Waals surface area contributed by atoms with Crippen LogP contribution >= 0.6 is 0 Å². The van der Waals surface area contributed by atoms with Crippen LogP contribution in [0.25, 0.3) is 0 Å². The number of nitrogens with one attached hydrogen (secondary N) is 2. The fraction of sp³-hybridized carbons (Fsp3) is 0.286. The summed E-state index contributed by atoms with van der Waals surface area (Å²) in [6.45, 7) is 0.539. The topological polar surface area (TPSA) is 122 Å². The second kappa shape index (κ2) is 9.00. The number of amides is 1. The maximum absolute atomic E-state index is 13.1. The molecule has 0 spiro atoms. The molecule has 0 unspecified atom stereocenters. The normalized spacial score (nSPS) is 17.9. The van der Waals surface area contributed by atoms with Crippen LogP contribution in [0.4, 0.5) is 11.4 Å². The minimum absolute atomic E-state index is 0.138. The Kier molecular flexibility index (Phi) is 6.43. The Hall–Kier alpha value is -3.00. The van der Waals surface area contributed by atoms with Crippen LogP contribution in [0.2, 0.25) is 0 Å². The summed E-state index contributed by atoms with van der Waals surface area (Å²) in [4.78, 5) is 11.5. The lowest BCUT2D eigenvalue weighted by Crippen LogP contribution is -2.18. The molecule has 154 valence electrons. The van der Waals surface area contributed by atoms with Gasteiger partial charge < -0.3 is 16.2 Å². The van der Waals surface area contributed by atoms with E-state index in [1.54, 1.807) is 18.2 Å². The van der Waals surface area contributed by atoms with E-state index in [0.717, 1.165) is 37.3 Å². The molecule has 29 heavy (non-hydrogen) atoms. The molecule has 0 saturated carbocycles. The van der Waals surface area contributed by atoms with E-state index < -0.39 is 15.9 Å². The van der Waals surface area contributed by atoms with Crippen molar-refractivity contribution in [2.75, 3.05) is 16.6 Å². The summed E-state index contributed by atoms with van der Waals surface area (Å²) < 4.78 is 28.7. The van der Waals surface area contributed by atoms with Crippen LogP contribution in [-0.2, 0) is 16.4 Å². The number of benzene rings is 2. The highest BCUT2D eigenvalue weighted by Gasteiger charge is 2.23. The molecule has 1 amide bonds. The summed E-state index contributed by atoms with van der Waals surface area (Å²) in [6, 6.07) is 9.50. The van der Waals surface area contributed by atoms with Gasteiger partial charge in [-0.15, -0.1) is 0 Å². The number of carbonyl (C=O) groups excluding carboxylic acids is 1. The summed E-state index contributed by atoms with van der Waals surface area (Å²) in [7, 11) is -4.03. The highest BCUT2D eigenvalue weighted by atomic mass is 32.2. The molecule has 2 bridgehead atoms. The SMILES string of the molecule is NC(=O)c1cc2c(cc1O)NCCCCC/C=C/Cc1cccc(c1)NS2(=O)=O. The second-order valence-corrected chi connectivity index (χ2v) is 8.64. The lowest BCUT2D eigenvalue weighted by Gasteiger charge is -2.16. The Balaban J connectivity index is 2.05. The van der Waals surface area contributed by atoms with Gasteiger partial charge in [-0.2, -0.15) is 0 Å². The summed E-state index contributed by atoms with van der Waals surface area (Å²) in [6.07, 6.45) is 8.82. The number of phenols is 1. The molecule has 0 aromatic heterocycles. The summed E-state index contributed by atoms with van der Waals surface area (Å²) in [5, 5.41) is 13.2. The van der Waals surface area contributed by atoms with Crippen molar-refractivity contribution in [3.05, 3.63) is 59.7 Å². The molecule has 7 nitrogen and oxygen atoms in total. The Morgan fingerprint density at radius 3 is 2.69 bits per heavy atom. The van der Waals surface area contributed by atoms with Crippen LogP contribution in [0.3, 0.4) is 0 Å². The predicted octanol–water partition coefficient (Wildman–Crippen LogP) is 3.38. The third kappa shape index (κ3) is 5.29. The highest BCUT2D eigenvalue weighted by molar-refractivity contribution is 7.92. The fourth-order valence-corrected chi connectivity index (χ4v) is 4.46. The molecule has 0 fully saturated rings. The third-order valence-corrected chi connectivity index (χ3v) is 6.14. The number of aromatic hydroxyl groups is 1. The molecule has 1 aliphatic heterocycles. The molecule has 1 heterocycles. The van der Waals surface area contributed by atoms with Crippen molar-refractivity contribution in [3.8, 4) is 5.75 Å². The van der Waals surface area contributed by atoms with Gasteiger partial charge in [0.05, 0.1) is 11.3 Å². The van der Waals surface area contributed by atoms with Crippen molar-refractivity contribution in [2.24, 2.45) is 5.73 Å². The molecule has 1 aliphatic rings. The molecular formula is C21H25N3O4S. The first-order chi connectivity index (χ1) is 13.9. The Bertz CT molecular complexity index is 1030. The first kappa shape index (κ1) is 20.7. The first-order valence-corrected chi connectivity index (χ1v) is 11.0. The standard InChI is InChI=1S/C21H25N3O4S/c22-21(26)17-13-20-18(14-19(17)25)23-11-6-4-2-1-3-5-8-15-9-7-10-16(12-15)24-29(20,27)28/h3,5,7,9-10,12-14,23-25H,1-2,4,6,8,11H2,(H2,22,26)/b5-3+. The highest BCUT2D eigenvalue weighted by Crippen LogP contribution is 2.31. The molecule has 0 radical (unpaired) electrons. The summed E-state index contributed by atoms with van der Waals surface area (Å²) >= 11 is 0. The lowest BCUT2D eigenvalue weighted by molar-refractivity contribution is 0.0997. The zero-order valence-corrected chi connectivity index (χ0v) is 16.8. The number of sulfonamides is 1. The van der Waals surface area contributed by atoms with Gasteiger partial charge in [-0.05, 0) is 49.4 Å². The van der Waals surface area contributed by atoms with Gasteiger partial charge in [0, 0.05) is 18.3 Å². The van der Waals surface area contributed by atoms with E-state index >= 15 is 0 Å². The van der Waals surface area contributed by atoms with Gasteiger partial charge in [-0.1, -0.05) is 30.7 Å². The average molecular weight is 416 g/mol. The van der Waals surface area contributed by atoms with Crippen LogP contribution in [0, 0.1) is 0 Å². The zero-order chi connectivity index (χ0) is 20.9. The van der Waals surface area contributed by atoms with Crippen LogP contribution < -0.4 is 15.8 Å². The number of allylic oxidation sites excluding steroid dienone is 2. The monoisotopic (exact) mass is 415 g/mol. The minimum Gasteiger partial charge on any atom is -0.507 e. The Morgan fingerprint density at radius 2 is 1.90 bits per heavy atom. The number of hydrogen-bond acceptors (Lipinski definition) is 5. The molecule has 0 atom stereocenters. The van der Waals surface area contributed by atoms with E-state index in [0.29, 0.717) is 18.7 Å². The van der Waals surface area contributed by atoms with Gasteiger partial charge in [0.2, 0.25) is 0 Å². The zero-order valence-electron chi connectivity index (χ0n) is 16.0. The molecule has 2 aromatic rings. The van der Waals surface area contributed by atoms with E-state index in [1.165, 1.54) is 6.07 Å². The van der Waals surface area contributed by atoms with E-state index in [4.69, 9.17) is 5.73 Å². The summed E-state index contributed by atoms with van der Waals surface area (Å²) in [5.41, 5.74) is 6.67. The van der Waals surface area contributed by atoms with Crippen molar-refractivity contribution in [1.82, 2.24) is 0 Å². The molecule has 0 aliphatic carbocycles. The fourth-order valence-electron chi connectivity index (χ4n) is 3.22. The lowest BCUT2D eigenvalue weighted by atomic mass is 10.1. The molecule has 3 rings (SSSR count). The number of carbonyl (C=O) groups is 1. The molecule has 8 heteroatoms. The number of fused-ring (bicyclic) bond motifs is 3. The van der Waals surface area contributed by atoms with Crippen molar-refractivity contribution < 1.29 is 18.3 Å². The van der Waals surface area contributed by atoms with Crippen molar-refractivity contribution in [2.45, 2.75) is 37.0 Å². The van der Waals surface area contributed by atoms with E-state index in [2.05, 4.69) is 22.2 Å². The van der Waals surface area contributed by atoms with Gasteiger partial charge in [-0.25, -0.2) is 8.42 Å². The average Bonchev–Trinajstić information content (AvgIpc) is 2.65. The predicted molar refractivity (Wildman–Crippen MR) is 114 cm³/mol. The molecular weight excluding hydrogens is 390 g/mol. The van der Waals surface area contributed by atoms with Crippen LogP contribution in [0.1, 0.15) is 41.6 Å². The smallest absolute Gasteiger partial charge is 0.263 e. The third-order valence-electron chi connectivity index (χ3n) is 4.72. The second-order valence-electron chi connectivity index (χ2n) is 6.99. The largest absolute Gasteiger partial charge is 0.507 e. The maximum Gasteiger partial charge on any atom is 0.263 e. The van der Waals surface area contributed by atoms with E-state index in [1.807, 2.05) is 6.07 Å². The quantitative estimate of drug-likeness (QED) is 0.532. The summed E-state index contributed by atoms with van der Waals surface area (Å²) in [5.74, 6) is -1.26. The number of hydrogen-bond donors (Lipinski definition) is 4. The van der Waals surface area contributed by atoms with E-state index in [-0.39, 0.29) is 21.9 Å². The Labute approximate surface area is 170 Å². The number of primary amides is 1. The van der Waals surface area contributed by atoms with Crippen LogP contribution in [0.15, 0.2) is 53.4 Å². The molecule has 0 saturated heterocycles. The first-order valence-electron chi connectivity index (χ1n) is 9.54. The molecule has 2 aromatic carbocycles. The van der Waals surface area contributed by atoms with Gasteiger partial charge >= 0.3 is 0 Å². The minimum atomic E-state index is -4.03. The number of nitrogens with two attached hydrogens (primary N) is 1. The van der Waals surface area contributed by atoms with Crippen LogP contribution in [-0.4, -0.2) is 26.0 Å². The molecule has 5 N–H and O–H groups in total. The maximum atomic E-state index is 13.1. The van der Waals surface area contributed by atoms with E-state index in [9.17, 15) is 18.3 Å². The van der Waals surface area contributed by atoms with Crippen molar-refractivity contribution in [3.63, 3.8) is 0 Å². The van der Waals surface area contributed by atoms with Gasteiger partial charge in [-0.3, -0.25) is 9.52 Å². The van der Waals surface area contributed by atoms with Crippen molar-refractivity contribution in [1.29, 1.82) is 0 Å². The van der Waals surface area contributed by atoms with Crippen LogP contribution in [0.5, 0.6) is 5.75 Å². The van der Waals surface area contributed by atoms with Gasteiger partial charge in [0.1, 0.15) is 10.6 Å². The van der Waals surface area contributed by atoms with Gasteiger partial charge in [0.15, 0.2) is 0 Å². The van der Waals surface area contributed by atoms with Crippen molar-refractivity contribution >= 4 is 27.3 Å². The Morgan fingerprint density at radius 1 is 1.07 bits per heavy atom.